The van der Waals surface area contributed by atoms with Crippen molar-refractivity contribution in [1.29, 1.82) is 0 Å². The van der Waals surface area contributed by atoms with Gasteiger partial charge in [0.2, 0.25) is 0 Å². The summed E-state index contributed by atoms with van der Waals surface area (Å²) in [5, 5.41) is 18.9. The van der Waals surface area contributed by atoms with E-state index in [9.17, 15) is 10.2 Å². The Labute approximate surface area is 108 Å². The van der Waals surface area contributed by atoms with Crippen LogP contribution in [-0.4, -0.2) is 10.2 Å². The quantitative estimate of drug-likeness (QED) is 0.785. The third-order valence-corrected chi connectivity index (χ3v) is 3.39. The zero-order valence-electron chi connectivity index (χ0n) is 10.9. The zero-order chi connectivity index (χ0) is 13.3. The molecule has 0 fully saturated rings. The van der Waals surface area contributed by atoms with Crippen molar-refractivity contribution >= 4 is 0 Å². The maximum atomic E-state index is 9.56. The summed E-state index contributed by atoms with van der Waals surface area (Å²) in [6.45, 7) is 6.27. The molecule has 94 valence electrons. The first-order valence-electron chi connectivity index (χ1n) is 6.08. The van der Waals surface area contributed by atoms with E-state index in [2.05, 4.69) is 39.0 Å². The molecule has 0 aliphatic heterocycles. The highest BCUT2D eigenvalue weighted by atomic mass is 16.3. The molecule has 18 heavy (non-hydrogen) atoms. The number of benzene rings is 2. The lowest BCUT2D eigenvalue weighted by Gasteiger charge is -2.16. The van der Waals surface area contributed by atoms with Gasteiger partial charge in [-0.05, 0) is 42.7 Å². The van der Waals surface area contributed by atoms with Gasteiger partial charge in [-0.1, -0.05) is 36.8 Å². The molecule has 0 radical (unpaired) electrons. The Kier molecular flexibility index (Phi) is 3.28. The van der Waals surface area contributed by atoms with Gasteiger partial charge in [0.1, 0.15) is 0 Å². The Hall–Kier alpha value is -1.96. The molecule has 0 aromatic heterocycles. The molecule has 2 aromatic carbocycles. The summed E-state index contributed by atoms with van der Waals surface area (Å²) < 4.78 is 0. The summed E-state index contributed by atoms with van der Waals surface area (Å²) in [5.41, 5.74) is 4.73. The summed E-state index contributed by atoms with van der Waals surface area (Å²) >= 11 is 0. The van der Waals surface area contributed by atoms with Crippen LogP contribution in [0.5, 0.6) is 11.5 Å². The first-order chi connectivity index (χ1) is 8.49. The molecule has 0 amide bonds. The third kappa shape index (κ3) is 2.33. The van der Waals surface area contributed by atoms with E-state index in [1.807, 2.05) is 6.07 Å². The van der Waals surface area contributed by atoms with E-state index in [1.54, 1.807) is 6.07 Å². The third-order valence-electron chi connectivity index (χ3n) is 3.39. The minimum atomic E-state index is -0.0772. The molecule has 0 spiro atoms. The van der Waals surface area contributed by atoms with Crippen LogP contribution < -0.4 is 0 Å². The smallest absolute Gasteiger partial charge is 0.157 e. The maximum Gasteiger partial charge on any atom is 0.157 e. The molecule has 2 aromatic rings. The second-order valence-electron chi connectivity index (χ2n) is 4.83. The molecule has 1 atom stereocenters. The molecule has 0 saturated carbocycles. The molecule has 2 N–H and O–H groups in total. The summed E-state index contributed by atoms with van der Waals surface area (Å²) in [5.74, 6) is 0.0489. The van der Waals surface area contributed by atoms with Gasteiger partial charge in [0.25, 0.3) is 0 Å². The van der Waals surface area contributed by atoms with Crippen molar-refractivity contribution in [3.8, 4) is 11.5 Å². The highest BCUT2D eigenvalue weighted by molar-refractivity contribution is 5.45. The van der Waals surface area contributed by atoms with Gasteiger partial charge in [0.15, 0.2) is 11.5 Å². The number of hydrogen-bond acceptors (Lipinski definition) is 2. The standard InChI is InChI=1S/C16H18O2/c1-10-4-6-14(11(2)8-10)12(3)13-5-7-15(17)16(18)9-13/h4-9,12,17-18H,1-3H3/t12-/m1/s1. The fraction of sp³-hybridized carbons (Fsp3) is 0.250. The monoisotopic (exact) mass is 242 g/mol. The first-order valence-corrected chi connectivity index (χ1v) is 6.08. The zero-order valence-corrected chi connectivity index (χ0v) is 10.9. The van der Waals surface area contributed by atoms with Gasteiger partial charge in [-0.2, -0.15) is 0 Å². The van der Waals surface area contributed by atoms with Gasteiger partial charge in [-0.15, -0.1) is 0 Å². The lowest BCUT2D eigenvalue weighted by molar-refractivity contribution is 0.403. The van der Waals surface area contributed by atoms with E-state index in [0.717, 1.165) is 5.56 Å². The Balaban J connectivity index is 2.41. The molecular formula is C16H18O2. The Morgan fingerprint density at radius 1 is 0.889 bits per heavy atom. The summed E-state index contributed by atoms with van der Waals surface area (Å²) in [6, 6.07) is 11.4. The van der Waals surface area contributed by atoms with Gasteiger partial charge < -0.3 is 10.2 Å². The van der Waals surface area contributed by atoms with Crippen molar-refractivity contribution in [3.05, 3.63) is 58.7 Å². The minimum absolute atomic E-state index is 0.0656. The molecule has 2 rings (SSSR count). The molecular weight excluding hydrogens is 224 g/mol. The first kappa shape index (κ1) is 12.5. The molecule has 0 bridgehead atoms. The van der Waals surface area contributed by atoms with Crippen molar-refractivity contribution in [2.24, 2.45) is 0 Å². The van der Waals surface area contributed by atoms with Crippen LogP contribution in [0.3, 0.4) is 0 Å². The lowest BCUT2D eigenvalue weighted by atomic mass is 9.89. The summed E-state index contributed by atoms with van der Waals surface area (Å²) in [4.78, 5) is 0. The van der Waals surface area contributed by atoms with Crippen molar-refractivity contribution in [2.45, 2.75) is 26.7 Å². The topological polar surface area (TPSA) is 40.5 Å². The number of phenols is 2. The van der Waals surface area contributed by atoms with Gasteiger partial charge in [0.05, 0.1) is 0 Å². The van der Waals surface area contributed by atoms with Crippen LogP contribution in [0.2, 0.25) is 0 Å². The van der Waals surface area contributed by atoms with Crippen LogP contribution in [0.25, 0.3) is 0 Å². The van der Waals surface area contributed by atoms with Gasteiger partial charge >= 0.3 is 0 Å². The van der Waals surface area contributed by atoms with Crippen LogP contribution in [0.15, 0.2) is 36.4 Å². The predicted octanol–water partition coefficient (Wildman–Crippen LogP) is 3.87. The van der Waals surface area contributed by atoms with Crippen LogP contribution in [0.1, 0.15) is 35.1 Å². The van der Waals surface area contributed by atoms with E-state index < -0.39 is 0 Å². The average molecular weight is 242 g/mol. The predicted molar refractivity (Wildman–Crippen MR) is 73.2 cm³/mol. The van der Waals surface area contributed by atoms with Crippen LogP contribution in [-0.2, 0) is 0 Å². The van der Waals surface area contributed by atoms with E-state index in [1.165, 1.54) is 22.8 Å². The fourth-order valence-electron chi connectivity index (χ4n) is 2.30. The van der Waals surface area contributed by atoms with E-state index in [-0.39, 0.29) is 17.4 Å². The molecule has 0 aliphatic rings. The summed E-state index contributed by atoms with van der Waals surface area (Å²) in [7, 11) is 0. The average Bonchev–Trinajstić information content (AvgIpc) is 2.32. The number of aryl methyl sites for hydroxylation is 2. The highest BCUT2D eigenvalue weighted by Crippen LogP contribution is 2.32. The number of phenolic OH excluding ortho intramolecular Hbond substituents is 2. The SMILES string of the molecule is Cc1ccc([C@H](C)c2ccc(O)c(O)c2)c(C)c1. The number of rotatable bonds is 2. The molecule has 2 nitrogen and oxygen atoms in total. The molecule has 0 unspecified atom stereocenters. The Morgan fingerprint density at radius 3 is 2.22 bits per heavy atom. The van der Waals surface area contributed by atoms with Gasteiger partial charge in [0, 0.05) is 5.92 Å². The van der Waals surface area contributed by atoms with Crippen molar-refractivity contribution in [3.63, 3.8) is 0 Å². The largest absolute Gasteiger partial charge is 0.504 e. The van der Waals surface area contributed by atoms with Crippen molar-refractivity contribution in [2.75, 3.05) is 0 Å². The van der Waals surface area contributed by atoms with Crippen molar-refractivity contribution in [1.82, 2.24) is 0 Å². The van der Waals surface area contributed by atoms with Gasteiger partial charge in [-0.3, -0.25) is 0 Å². The summed E-state index contributed by atoms with van der Waals surface area (Å²) in [6.07, 6.45) is 0. The van der Waals surface area contributed by atoms with Crippen LogP contribution in [0.4, 0.5) is 0 Å². The highest BCUT2D eigenvalue weighted by Gasteiger charge is 2.12. The number of hydrogen-bond donors (Lipinski definition) is 2. The minimum Gasteiger partial charge on any atom is -0.504 e. The normalized spacial score (nSPS) is 12.4. The second kappa shape index (κ2) is 4.73. The number of aromatic hydroxyl groups is 2. The second-order valence-corrected chi connectivity index (χ2v) is 4.83. The lowest BCUT2D eigenvalue weighted by Crippen LogP contribution is -1.99. The van der Waals surface area contributed by atoms with Crippen LogP contribution in [0, 0.1) is 13.8 Å². The maximum absolute atomic E-state index is 9.56. The molecule has 0 heterocycles. The Morgan fingerprint density at radius 2 is 1.61 bits per heavy atom. The van der Waals surface area contributed by atoms with Crippen LogP contribution >= 0.6 is 0 Å². The van der Waals surface area contributed by atoms with E-state index in [0.29, 0.717) is 0 Å². The van der Waals surface area contributed by atoms with E-state index in [4.69, 9.17) is 0 Å². The molecule has 0 saturated heterocycles. The Bertz CT molecular complexity index is 573. The van der Waals surface area contributed by atoms with Crippen molar-refractivity contribution < 1.29 is 10.2 Å². The van der Waals surface area contributed by atoms with E-state index >= 15 is 0 Å². The fourth-order valence-corrected chi connectivity index (χ4v) is 2.30. The molecule has 0 aliphatic carbocycles. The molecule has 2 heteroatoms. The van der Waals surface area contributed by atoms with Gasteiger partial charge in [-0.25, -0.2) is 0 Å².